The van der Waals surface area contributed by atoms with E-state index in [9.17, 15) is 5.11 Å². The van der Waals surface area contributed by atoms with E-state index in [0.29, 0.717) is 22.6 Å². The lowest BCUT2D eigenvalue weighted by Crippen LogP contribution is -2.14. The van der Waals surface area contributed by atoms with Gasteiger partial charge in [-0.3, -0.25) is 0 Å². The van der Waals surface area contributed by atoms with Gasteiger partial charge in [-0.2, -0.15) is 0 Å². The molecule has 3 aromatic rings. The average Bonchev–Trinajstić information content (AvgIpc) is 2.94. The number of nitrogens with one attached hydrogen (secondary N) is 1. The lowest BCUT2D eigenvalue weighted by Gasteiger charge is -2.15. The van der Waals surface area contributed by atoms with Crippen molar-refractivity contribution in [3.63, 3.8) is 0 Å². The summed E-state index contributed by atoms with van der Waals surface area (Å²) in [5.74, 6) is 0.707. The summed E-state index contributed by atoms with van der Waals surface area (Å²) in [7, 11) is 0. The van der Waals surface area contributed by atoms with Crippen LogP contribution in [0.1, 0.15) is 28.7 Å². The minimum absolute atomic E-state index is 0.0623. The number of rotatable bonds is 4. The van der Waals surface area contributed by atoms with Crippen LogP contribution in [-0.2, 0) is 0 Å². The maximum Gasteiger partial charge on any atom is 0.141 e. The molecule has 5 nitrogen and oxygen atoms in total. The maximum atomic E-state index is 10.5. The third-order valence-electron chi connectivity index (χ3n) is 4.05. The van der Waals surface area contributed by atoms with Gasteiger partial charge in [-0.15, -0.1) is 0 Å². The molecule has 122 valence electrons. The summed E-state index contributed by atoms with van der Waals surface area (Å²) >= 11 is 0. The molecular weight excluding hydrogens is 302 g/mol. The van der Waals surface area contributed by atoms with Crippen molar-refractivity contribution in [2.45, 2.75) is 20.0 Å². The molecule has 0 fully saturated rings. The van der Waals surface area contributed by atoms with Crippen molar-refractivity contribution in [3.8, 4) is 11.1 Å². The molecule has 0 amide bonds. The fraction of sp³-hybridized carbons (Fsp3) is 0.158. The van der Waals surface area contributed by atoms with Gasteiger partial charge in [0.15, 0.2) is 0 Å². The molecule has 0 saturated carbocycles. The molecular formula is C19H19N3O2. The maximum absolute atomic E-state index is 10.5. The topological polar surface area (TPSA) is 96.1 Å². The minimum Gasteiger partial charge on any atom is -0.398 e. The van der Waals surface area contributed by atoms with Crippen molar-refractivity contribution in [1.82, 2.24) is 5.16 Å². The van der Waals surface area contributed by atoms with Crippen molar-refractivity contribution in [3.05, 3.63) is 71.1 Å². The minimum atomic E-state index is -1.03. The van der Waals surface area contributed by atoms with Crippen LogP contribution in [0.25, 0.3) is 11.1 Å². The van der Waals surface area contributed by atoms with E-state index in [2.05, 4.69) is 5.16 Å². The number of aryl methyl sites for hydroxylation is 2. The third kappa shape index (κ3) is 2.81. The number of aromatic nitrogens is 1. The van der Waals surface area contributed by atoms with Crippen LogP contribution in [0.4, 0.5) is 5.69 Å². The number of nitrogens with zero attached hydrogens (tertiary/aromatic N) is 1. The lowest BCUT2D eigenvalue weighted by molar-refractivity contribution is 0.247. The van der Waals surface area contributed by atoms with E-state index in [1.165, 1.54) is 0 Å². The summed E-state index contributed by atoms with van der Waals surface area (Å²) in [6, 6.07) is 14.5. The van der Waals surface area contributed by atoms with Gasteiger partial charge < -0.3 is 20.8 Å². The third-order valence-corrected chi connectivity index (χ3v) is 4.05. The fourth-order valence-corrected chi connectivity index (χ4v) is 2.79. The van der Waals surface area contributed by atoms with Gasteiger partial charge in [-0.1, -0.05) is 41.6 Å². The second-order valence-corrected chi connectivity index (χ2v) is 5.73. The summed E-state index contributed by atoms with van der Waals surface area (Å²) < 4.78 is 5.21. The van der Waals surface area contributed by atoms with Gasteiger partial charge >= 0.3 is 0 Å². The van der Waals surface area contributed by atoms with Gasteiger partial charge in [-0.25, -0.2) is 0 Å². The number of nitrogen functional groups attached to an aromatic ring is 1. The summed E-state index contributed by atoms with van der Waals surface area (Å²) in [5.41, 5.74) is 10.2. The van der Waals surface area contributed by atoms with Gasteiger partial charge in [0.25, 0.3) is 0 Å². The van der Waals surface area contributed by atoms with E-state index >= 15 is 0 Å². The molecule has 24 heavy (non-hydrogen) atoms. The number of hydrogen-bond donors (Lipinski definition) is 3. The van der Waals surface area contributed by atoms with E-state index in [-0.39, 0.29) is 5.71 Å². The first-order chi connectivity index (χ1) is 11.5. The van der Waals surface area contributed by atoms with Crippen molar-refractivity contribution >= 4 is 11.4 Å². The highest BCUT2D eigenvalue weighted by molar-refractivity contribution is 6.06. The van der Waals surface area contributed by atoms with Crippen LogP contribution < -0.4 is 5.73 Å². The van der Waals surface area contributed by atoms with Crippen LogP contribution in [-0.4, -0.2) is 16.0 Å². The lowest BCUT2D eigenvalue weighted by atomic mass is 9.94. The Morgan fingerprint density at radius 3 is 2.50 bits per heavy atom. The number of anilines is 1. The summed E-state index contributed by atoms with van der Waals surface area (Å²) in [5, 5.41) is 22.8. The number of aliphatic hydroxyl groups excluding tert-OH is 1. The predicted molar refractivity (Wildman–Crippen MR) is 94.1 cm³/mol. The number of aliphatic hydroxyl groups is 1. The molecule has 2 aromatic carbocycles. The van der Waals surface area contributed by atoms with Crippen LogP contribution in [0.3, 0.4) is 0 Å². The highest BCUT2D eigenvalue weighted by atomic mass is 16.5. The van der Waals surface area contributed by atoms with Gasteiger partial charge in [0, 0.05) is 16.8 Å². The molecule has 5 heteroatoms. The van der Waals surface area contributed by atoms with Gasteiger partial charge in [0.1, 0.15) is 11.9 Å². The van der Waals surface area contributed by atoms with Crippen LogP contribution in [0.15, 0.2) is 53.1 Å². The molecule has 0 aliphatic heterocycles. The zero-order valence-electron chi connectivity index (χ0n) is 13.6. The molecule has 4 N–H and O–H groups in total. The molecule has 0 spiro atoms. The van der Waals surface area contributed by atoms with Gasteiger partial charge in [0.05, 0.1) is 11.4 Å². The van der Waals surface area contributed by atoms with E-state index in [4.69, 9.17) is 15.7 Å². The summed E-state index contributed by atoms with van der Waals surface area (Å²) in [6.07, 6.45) is -1.03. The van der Waals surface area contributed by atoms with E-state index < -0.39 is 6.10 Å². The Balaban J connectivity index is 2.02. The molecule has 1 heterocycles. The molecule has 0 aliphatic carbocycles. The SMILES string of the molecule is Cc1noc(C)c1-c1ccc(N)c(C(=N)C(O)c2ccccc2)c1. The first-order valence-electron chi connectivity index (χ1n) is 7.63. The van der Waals surface area contributed by atoms with Crippen LogP contribution in [0.2, 0.25) is 0 Å². The fourth-order valence-electron chi connectivity index (χ4n) is 2.79. The van der Waals surface area contributed by atoms with Crippen LogP contribution in [0, 0.1) is 19.3 Å². The largest absolute Gasteiger partial charge is 0.398 e. The Labute approximate surface area is 140 Å². The molecule has 3 rings (SSSR count). The highest BCUT2D eigenvalue weighted by Crippen LogP contribution is 2.31. The second-order valence-electron chi connectivity index (χ2n) is 5.73. The zero-order valence-corrected chi connectivity index (χ0v) is 13.6. The molecule has 1 atom stereocenters. The summed E-state index contributed by atoms with van der Waals surface area (Å²) in [6.45, 7) is 3.71. The molecule has 1 unspecified atom stereocenters. The highest BCUT2D eigenvalue weighted by Gasteiger charge is 2.19. The van der Waals surface area contributed by atoms with Crippen LogP contribution >= 0.6 is 0 Å². The molecule has 0 bridgehead atoms. The quantitative estimate of drug-likeness (QED) is 0.505. The molecule has 0 saturated heterocycles. The van der Waals surface area contributed by atoms with E-state index in [1.54, 1.807) is 24.3 Å². The summed E-state index contributed by atoms with van der Waals surface area (Å²) in [4.78, 5) is 0. The van der Waals surface area contributed by atoms with Crippen LogP contribution in [0.5, 0.6) is 0 Å². The average molecular weight is 321 g/mol. The van der Waals surface area contributed by atoms with Crippen molar-refractivity contribution < 1.29 is 9.63 Å². The smallest absolute Gasteiger partial charge is 0.141 e. The first-order valence-corrected chi connectivity index (χ1v) is 7.63. The van der Waals surface area contributed by atoms with Crippen molar-refractivity contribution in [2.75, 3.05) is 5.73 Å². The Morgan fingerprint density at radius 1 is 1.17 bits per heavy atom. The Bertz CT molecular complexity index is 865. The number of hydrogen-bond acceptors (Lipinski definition) is 5. The number of nitrogens with two attached hydrogens (primary N) is 1. The standard InChI is InChI=1S/C19H19N3O2/c1-11-17(12(2)24-22-11)14-8-9-16(20)15(10-14)18(21)19(23)13-6-4-3-5-7-13/h3-10,19,21,23H,20H2,1-2H3. The van der Waals surface area contributed by atoms with Crippen molar-refractivity contribution in [1.29, 1.82) is 5.41 Å². The van der Waals surface area contributed by atoms with E-state index in [0.717, 1.165) is 16.8 Å². The molecule has 0 radical (unpaired) electrons. The molecule has 1 aromatic heterocycles. The molecule has 0 aliphatic rings. The first kappa shape index (κ1) is 16.0. The predicted octanol–water partition coefficient (Wildman–Crippen LogP) is 3.64. The monoisotopic (exact) mass is 321 g/mol. The van der Waals surface area contributed by atoms with Gasteiger partial charge in [-0.05, 0) is 37.1 Å². The Morgan fingerprint density at radius 2 is 1.88 bits per heavy atom. The van der Waals surface area contributed by atoms with Gasteiger partial charge in [0.2, 0.25) is 0 Å². The van der Waals surface area contributed by atoms with Crippen molar-refractivity contribution in [2.24, 2.45) is 0 Å². The number of benzene rings is 2. The Hall–Kier alpha value is -2.92. The van der Waals surface area contributed by atoms with E-state index in [1.807, 2.05) is 38.1 Å². The Kier molecular flexibility index (Phi) is 4.18. The second kappa shape index (κ2) is 6.29. The normalized spacial score (nSPS) is 12.1. The zero-order chi connectivity index (χ0) is 17.3.